The van der Waals surface area contributed by atoms with Crippen molar-refractivity contribution >= 4 is 11.0 Å². The number of rotatable bonds is 1. The highest BCUT2D eigenvalue weighted by atomic mass is 19.4. The number of H-pyrrole nitrogens is 1. The Bertz CT molecular complexity index is 683. The highest BCUT2D eigenvalue weighted by molar-refractivity contribution is 5.90. The molecule has 3 aromatic heterocycles. The quantitative estimate of drug-likeness (QED) is 0.714. The maximum Gasteiger partial charge on any atom is 0.433 e. The Hall–Kier alpha value is -2.24. The van der Waals surface area contributed by atoms with Gasteiger partial charge in [-0.2, -0.15) is 13.2 Å². The summed E-state index contributed by atoms with van der Waals surface area (Å²) < 4.78 is 43.4. The van der Waals surface area contributed by atoms with Gasteiger partial charge in [-0.3, -0.25) is 0 Å². The molecule has 0 aromatic carbocycles. The molecule has 0 atom stereocenters. The van der Waals surface area contributed by atoms with Crippen LogP contribution in [0.3, 0.4) is 0 Å². The van der Waals surface area contributed by atoms with Gasteiger partial charge in [0, 0.05) is 11.8 Å². The van der Waals surface area contributed by atoms with Crippen molar-refractivity contribution in [1.82, 2.24) is 9.97 Å². The molecule has 92 valence electrons. The number of furan rings is 1. The Balaban J connectivity index is 2.32. The summed E-state index contributed by atoms with van der Waals surface area (Å²) in [7, 11) is 0. The van der Waals surface area contributed by atoms with Crippen molar-refractivity contribution in [3.8, 4) is 11.3 Å². The van der Waals surface area contributed by atoms with Gasteiger partial charge in [-0.1, -0.05) is 0 Å². The Labute approximate surface area is 99.3 Å². The molecule has 18 heavy (non-hydrogen) atoms. The molecule has 0 amide bonds. The molecule has 3 nitrogen and oxygen atoms in total. The van der Waals surface area contributed by atoms with E-state index in [0.29, 0.717) is 16.8 Å². The van der Waals surface area contributed by atoms with Gasteiger partial charge in [0.15, 0.2) is 0 Å². The fourth-order valence-electron chi connectivity index (χ4n) is 1.81. The van der Waals surface area contributed by atoms with E-state index < -0.39 is 11.9 Å². The summed E-state index contributed by atoms with van der Waals surface area (Å²) in [4.78, 5) is 6.44. The molecule has 0 spiro atoms. The second-order valence-electron chi connectivity index (χ2n) is 3.77. The van der Waals surface area contributed by atoms with Crippen LogP contribution in [-0.4, -0.2) is 9.97 Å². The van der Waals surface area contributed by atoms with Crippen molar-refractivity contribution in [3.05, 3.63) is 42.4 Å². The fourth-order valence-corrected chi connectivity index (χ4v) is 1.81. The lowest BCUT2D eigenvalue weighted by atomic mass is 10.1. The molecule has 1 N–H and O–H groups in total. The second kappa shape index (κ2) is 3.63. The number of pyridine rings is 1. The number of nitrogens with zero attached hydrogens (tertiary/aromatic N) is 1. The summed E-state index contributed by atoms with van der Waals surface area (Å²) >= 11 is 0. The van der Waals surface area contributed by atoms with Crippen LogP contribution < -0.4 is 0 Å². The molecule has 0 aliphatic heterocycles. The number of aromatic nitrogens is 2. The van der Waals surface area contributed by atoms with Crippen LogP contribution in [0.25, 0.3) is 22.4 Å². The summed E-state index contributed by atoms with van der Waals surface area (Å²) in [5, 5.41) is 0. The SMILES string of the molecule is FC(F)(F)c1cc(-c2ccco2)c2[nH]ccc2n1. The molecule has 0 unspecified atom stereocenters. The van der Waals surface area contributed by atoms with Crippen LogP contribution in [-0.2, 0) is 6.18 Å². The van der Waals surface area contributed by atoms with Crippen LogP contribution in [0.2, 0.25) is 0 Å². The smallest absolute Gasteiger partial charge is 0.433 e. The van der Waals surface area contributed by atoms with E-state index in [9.17, 15) is 13.2 Å². The number of hydrogen-bond donors (Lipinski definition) is 1. The zero-order valence-corrected chi connectivity index (χ0v) is 8.95. The Morgan fingerprint density at radius 2 is 2.06 bits per heavy atom. The lowest BCUT2D eigenvalue weighted by Gasteiger charge is -2.08. The third kappa shape index (κ3) is 1.66. The van der Waals surface area contributed by atoms with Crippen LogP contribution in [0.1, 0.15) is 5.69 Å². The van der Waals surface area contributed by atoms with Gasteiger partial charge in [-0.25, -0.2) is 4.98 Å². The van der Waals surface area contributed by atoms with Gasteiger partial charge < -0.3 is 9.40 Å². The number of fused-ring (bicyclic) bond motifs is 1. The molecule has 6 heteroatoms. The average molecular weight is 252 g/mol. The molecule has 0 fully saturated rings. The van der Waals surface area contributed by atoms with E-state index in [1.165, 1.54) is 12.3 Å². The summed E-state index contributed by atoms with van der Waals surface area (Å²) in [5.41, 5.74) is 0.206. The first-order chi connectivity index (χ1) is 8.55. The first-order valence-electron chi connectivity index (χ1n) is 5.15. The molecule has 3 heterocycles. The number of halogens is 3. The third-order valence-electron chi connectivity index (χ3n) is 2.59. The van der Waals surface area contributed by atoms with E-state index >= 15 is 0 Å². The van der Waals surface area contributed by atoms with Crippen LogP contribution >= 0.6 is 0 Å². The molecular weight excluding hydrogens is 245 g/mol. The minimum Gasteiger partial charge on any atom is -0.464 e. The van der Waals surface area contributed by atoms with E-state index in [0.717, 1.165) is 6.07 Å². The number of alkyl halides is 3. The van der Waals surface area contributed by atoms with Crippen LogP contribution in [0.15, 0.2) is 41.1 Å². The Morgan fingerprint density at radius 1 is 1.22 bits per heavy atom. The topological polar surface area (TPSA) is 41.8 Å². The van der Waals surface area contributed by atoms with Crippen molar-refractivity contribution in [2.75, 3.05) is 0 Å². The van der Waals surface area contributed by atoms with Crippen molar-refractivity contribution in [3.63, 3.8) is 0 Å². The predicted octanol–water partition coefficient (Wildman–Crippen LogP) is 3.84. The summed E-state index contributed by atoms with van der Waals surface area (Å²) in [5.74, 6) is 0.371. The minimum atomic E-state index is -4.48. The maximum absolute atomic E-state index is 12.7. The normalized spacial score (nSPS) is 12.2. The molecule has 0 aliphatic rings. The molecule has 0 radical (unpaired) electrons. The van der Waals surface area contributed by atoms with E-state index in [2.05, 4.69) is 9.97 Å². The lowest BCUT2D eigenvalue weighted by molar-refractivity contribution is -0.140. The van der Waals surface area contributed by atoms with Crippen molar-refractivity contribution < 1.29 is 17.6 Å². The molecule has 3 aromatic rings. The van der Waals surface area contributed by atoms with Crippen molar-refractivity contribution in [2.24, 2.45) is 0 Å². The van der Waals surface area contributed by atoms with Gasteiger partial charge >= 0.3 is 6.18 Å². The zero-order valence-electron chi connectivity index (χ0n) is 8.95. The third-order valence-corrected chi connectivity index (χ3v) is 2.59. The van der Waals surface area contributed by atoms with E-state index in [1.807, 2.05) is 0 Å². The Morgan fingerprint density at radius 3 is 2.72 bits per heavy atom. The van der Waals surface area contributed by atoms with E-state index in [4.69, 9.17) is 4.42 Å². The van der Waals surface area contributed by atoms with Crippen LogP contribution in [0.4, 0.5) is 13.2 Å². The van der Waals surface area contributed by atoms with Gasteiger partial charge in [0.25, 0.3) is 0 Å². The van der Waals surface area contributed by atoms with Gasteiger partial charge in [-0.15, -0.1) is 0 Å². The first-order valence-corrected chi connectivity index (χ1v) is 5.15. The maximum atomic E-state index is 12.7. The summed E-state index contributed by atoms with van der Waals surface area (Å²) in [6.07, 6.45) is -1.52. The fraction of sp³-hybridized carbons (Fsp3) is 0.0833. The lowest BCUT2D eigenvalue weighted by Crippen LogP contribution is -2.08. The van der Waals surface area contributed by atoms with Gasteiger partial charge in [0.2, 0.25) is 0 Å². The second-order valence-corrected chi connectivity index (χ2v) is 3.77. The highest BCUT2D eigenvalue weighted by Gasteiger charge is 2.33. The predicted molar refractivity (Wildman–Crippen MR) is 58.8 cm³/mol. The van der Waals surface area contributed by atoms with E-state index in [1.54, 1.807) is 18.3 Å². The average Bonchev–Trinajstić information content (AvgIpc) is 2.97. The molecule has 0 bridgehead atoms. The van der Waals surface area contributed by atoms with Crippen molar-refractivity contribution in [2.45, 2.75) is 6.18 Å². The molecule has 0 saturated carbocycles. The summed E-state index contributed by atoms with van der Waals surface area (Å²) in [6, 6.07) is 5.71. The Kier molecular flexibility index (Phi) is 2.19. The van der Waals surface area contributed by atoms with Gasteiger partial charge in [-0.05, 0) is 24.3 Å². The largest absolute Gasteiger partial charge is 0.464 e. The number of nitrogens with one attached hydrogen (secondary N) is 1. The van der Waals surface area contributed by atoms with Crippen LogP contribution in [0, 0.1) is 0 Å². The number of hydrogen-bond acceptors (Lipinski definition) is 2. The molecular formula is C12H7F3N2O. The monoisotopic (exact) mass is 252 g/mol. The first kappa shape index (κ1) is 10.9. The van der Waals surface area contributed by atoms with Gasteiger partial charge in [0.1, 0.15) is 11.5 Å². The zero-order chi connectivity index (χ0) is 12.8. The molecule has 3 rings (SSSR count). The molecule has 0 aliphatic carbocycles. The summed E-state index contributed by atoms with van der Waals surface area (Å²) in [6.45, 7) is 0. The standard InChI is InChI=1S/C12H7F3N2O/c13-12(14,15)10-6-7(9-2-1-5-18-9)11-8(17-10)3-4-16-11/h1-6,16H. The van der Waals surface area contributed by atoms with Gasteiger partial charge in [0.05, 0.1) is 17.3 Å². The number of aromatic amines is 1. The van der Waals surface area contributed by atoms with Crippen LogP contribution in [0.5, 0.6) is 0 Å². The minimum absolute atomic E-state index is 0.260. The van der Waals surface area contributed by atoms with Crippen molar-refractivity contribution in [1.29, 1.82) is 0 Å². The van der Waals surface area contributed by atoms with E-state index in [-0.39, 0.29) is 5.52 Å². The highest BCUT2D eigenvalue weighted by Crippen LogP contribution is 2.34. The molecule has 0 saturated heterocycles.